The van der Waals surface area contributed by atoms with Crippen LogP contribution in [0.4, 0.5) is 5.69 Å². The van der Waals surface area contributed by atoms with Crippen LogP contribution in [0, 0.1) is 16.0 Å². The molecule has 0 radical (unpaired) electrons. The molecule has 0 aromatic heterocycles. The highest BCUT2D eigenvalue weighted by atomic mass is 16.6. The van der Waals surface area contributed by atoms with E-state index in [-0.39, 0.29) is 11.6 Å². The molecule has 0 bridgehead atoms. The van der Waals surface area contributed by atoms with Gasteiger partial charge in [0.05, 0.1) is 11.0 Å². The summed E-state index contributed by atoms with van der Waals surface area (Å²) in [7, 11) is 0. The Morgan fingerprint density at radius 1 is 1.41 bits per heavy atom. The molecule has 0 heterocycles. The first-order valence-electron chi connectivity index (χ1n) is 5.63. The lowest BCUT2D eigenvalue weighted by Crippen LogP contribution is -2.30. The molecule has 1 unspecified atom stereocenters. The van der Waals surface area contributed by atoms with Crippen molar-refractivity contribution in [1.82, 2.24) is 5.32 Å². The number of nitrogens with zero attached hydrogens (tertiary/aromatic N) is 1. The normalized spacial score (nSPS) is 12.7. The van der Waals surface area contributed by atoms with Crippen LogP contribution >= 0.6 is 0 Å². The monoisotopic (exact) mass is 238 g/mol. The van der Waals surface area contributed by atoms with Crippen molar-refractivity contribution < 1.29 is 10.0 Å². The zero-order valence-corrected chi connectivity index (χ0v) is 10.1. The number of hydrogen-bond acceptors (Lipinski definition) is 4. The van der Waals surface area contributed by atoms with Gasteiger partial charge in [-0.25, -0.2) is 0 Å². The van der Waals surface area contributed by atoms with Gasteiger partial charge in [0.15, 0.2) is 0 Å². The second-order valence-electron chi connectivity index (χ2n) is 4.33. The largest absolute Gasteiger partial charge is 0.392 e. The predicted molar refractivity (Wildman–Crippen MR) is 65.6 cm³/mol. The lowest BCUT2D eigenvalue weighted by Gasteiger charge is -2.15. The van der Waals surface area contributed by atoms with E-state index >= 15 is 0 Å². The second kappa shape index (κ2) is 6.32. The van der Waals surface area contributed by atoms with Gasteiger partial charge in [-0.3, -0.25) is 10.1 Å². The molecule has 1 rings (SSSR count). The van der Waals surface area contributed by atoms with Gasteiger partial charge in [0, 0.05) is 24.7 Å². The van der Waals surface area contributed by atoms with Crippen LogP contribution in [-0.4, -0.2) is 22.7 Å². The fraction of sp³-hybridized carbons (Fsp3) is 0.500. The third-order valence-corrected chi connectivity index (χ3v) is 2.63. The Labute approximate surface area is 101 Å². The average Bonchev–Trinajstić information content (AvgIpc) is 2.29. The molecule has 0 amide bonds. The summed E-state index contributed by atoms with van der Waals surface area (Å²) >= 11 is 0. The van der Waals surface area contributed by atoms with Gasteiger partial charge in [-0.05, 0) is 5.92 Å². The number of para-hydroxylation sites is 1. The topological polar surface area (TPSA) is 75.4 Å². The highest BCUT2D eigenvalue weighted by molar-refractivity contribution is 5.39. The quantitative estimate of drug-likeness (QED) is 0.584. The molecule has 0 aliphatic heterocycles. The Bertz CT molecular complexity index is 380. The van der Waals surface area contributed by atoms with Crippen molar-refractivity contribution in [1.29, 1.82) is 0 Å². The van der Waals surface area contributed by atoms with Crippen molar-refractivity contribution in [3.8, 4) is 0 Å². The lowest BCUT2D eigenvalue weighted by atomic mass is 10.1. The SMILES string of the molecule is CC(C)C(O)CNCc1ccccc1[N+](=O)[O-]. The Morgan fingerprint density at radius 3 is 2.65 bits per heavy atom. The average molecular weight is 238 g/mol. The van der Waals surface area contributed by atoms with E-state index in [4.69, 9.17) is 0 Å². The Hall–Kier alpha value is -1.46. The molecular formula is C12H18N2O3. The minimum atomic E-state index is -0.433. The van der Waals surface area contributed by atoms with Gasteiger partial charge >= 0.3 is 0 Å². The van der Waals surface area contributed by atoms with Gasteiger partial charge in [-0.2, -0.15) is 0 Å². The Balaban J connectivity index is 2.55. The van der Waals surface area contributed by atoms with E-state index < -0.39 is 11.0 Å². The Morgan fingerprint density at radius 2 is 2.06 bits per heavy atom. The van der Waals surface area contributed by atoms with E-state index in [1.807, 2.05) is 13.8 Å². The summed E-state index contributed by atoms with van der Waals surface area (Å²) in [6.45, 7) is 4.68. The maximum atomic E-state index is 10.8. The fourth-order valence-corrected chi connectivity index (χ4v) is 1.43. The summed E-state index contributed by atoms with van der Waals surface area (Å²) in [5.41, 5.74) is 0.743. The van der Waals surface area contributed by atoms with Gasteiger partial charge in [0.25, 0.3) is 5.69 Å². The van der Waals surface area contributed by atoms with Crippen LogP contribution in [-0.2, 0) is 6.54 Å². The minimum absolute atomic E-state index is 0.110. The molecule has 0 saturated heterocycles. The van der Waals surface area contributed by atoms with Crippen LogP contribution in [0.3, 0.4) is 0 Å². The number of nitro benzene ring substituents is 1. The molecule has 0 aliphatic rings. The van der Waals surface area contributed by atoms with Gasteiger partial charge in [0.1, 0.15) is 0 Å². The van der Waals surface area contributed by atoms with Crippen molar-refractivity contribution in [2.45, 2.75) is 26.5 Å². The molecule has 17 heavy (non-hydrogen) atoms. The number of benzene rings is 1. The highest BCUT2D eigenvalue weighted by Crippen LogP contribution is 2.17. The molecule has 0 fully saturated rings. The van der Waals surface area contributed by atoms with E-state index in [0.29, 0.717) is 18.7 Å². The van der Waals surface area contributed by atoms with E-state index in [1.165, 1.54) is 6.07 Å². The van der Waals surface area contributed by atoms with E-state index in [1.54, 1.807) is 18.2 Å². The predicted octanol–water partition coefficient (Wildman–Crippen LogP) is 1.70. The molecule has 5 heteroatoms. The molecule has 94 valence electrons. The summed E-state index contributed by atoms with van der Waals surface area (Å²) in [5, 5.41) is 23.4. The fourth-order valence-electron chi connectivity index (χ4n) is 1.43. The molecule has 5 nitrogen and oxygen atoms in total. The maximum Gasteiger partial charge on any atom is 0.273 e. The standard InChI is InChI=1S/C12H18N2O3/c1-9(2)12(15)8-13-7-10-5-3-4-6-11(10)14(16)17/h3-6,9,12-13,15H,7-8H2,1-2H3. The lowest BCUT2D eigenvalue weighted by molar-refractivity contribution is -0.385. The summed E-state index contributed by atoms with van der Waals surface area (Å²) in [5.74, 6) is 0.174. The first kappa shape index (κ1) is 13.6. The molecule has 0 saturated carbocycles. The highest BCUT2D eigenvalue weighted by Gasteiger charge is 2.13. The van der Waals surface area contributed by atoms with Crippen LogP contribution < -0.4 is 5.32 Å². The van der Waals surface area contributed by atoms with Gasteiger partial charge in [-0.15, -0.1) is 0 Å². The molecule has 1 aromatic carbocycles. The third kappa shape index (κ3) is 4.13. The number of hydrogen-bond donors (Lipinski definition) is 2. The molecular weight excluding hydrogens is 220 g/mol. The molecule has 1 atom stereocenters. The summed E-state index contributed by atoms with van der Waals surface area (Å²) in [6, 6.07) is 6.61. The molecule has 2 N–H and O–H groups in total. The van der Waals surface area contributed by atoms with Crippen LogP contribution in [0.5, 0.6) is 0 Å². The molecule has 1 aromatic rings. The van der Waals surface area contributed by atoms with Crippen molar-refractivity contribution in [3.05, 3.63) is 39.9 Å². The first-order valence-corrected chi connectivity index (χ1v) is 5.63. The van der Waals surface area contributed by atoms with E-state index in [0.717, 1.165) is 0 Å². The molecule has 0 aliphatic carbocycles. The minimum Gasteiger partial charge on any atom is -0.392 e. The van der Waals surface area contributed by atoms with Crippen LogP contribution in [0.25, 0.3) is 0 Å². The van der Waals surface area contributed by atoms with Crippen molar-refractivity contribution in [2.75, 3.05) is 6.54 Å². The summed E-state index contributed by atoms with van der Waals surface area (Å²) in [6.07, 6.45) is -0.433. The second-order valence-corrected chi connectivity index (χ2v) is 4.33. The zero-order valence-electron chi connectivity index (χ0n) is 10.1. The van der Waals surface area contributed by atoms with Crippen LogP contribution in [0.1, 0.15) is 19.4 Å². The van der Waals surface area contributed by atoms with Crippen LogP contribution in [0.2, 0.25) is 0 Å². The third-order valence-electron chi connectivity index (χ3n) is 2.63. The number of aliphatic hydroxyl groups is 1. The number of rotatable bonds is 6. The smallest absolute Gasteiger partial charge is 0.273 e. The van der Waals surface area contributed by atoms with Gasteiger partial charge in [0.2, 0.25) is 0 Å². The van der Waals surface area contributed by atoms with E-state index in [2.05, 4.69) is 5.32 Å². The van der Waals surface area contributed by atoms with Gasteiger partial charge < -0.3 is 10.4 Å². The van der Waals surface area contributed by atoms with Crippen molar-refractivity contribution in [2.24, 2.45) is 5.92 Å². The zero-order chi connectivity index (χ0) is 12.8. The summed E-state index contributed by atoms with van der Waals surface area (Å²) in [4.78, 5) is 10.4. The Kier molecular flexibility index (Phi) is 5.06. The summed E-state index contributed by atoms with van der Waals surface area (Å²) < 4.78 is 0. The van der Waals surface area contributed by atoms with Crippen molar-refractivity contribution in [3.63, 3.8) is 0 Å². The van der Waals surface area contributed by atoms with Crippen molar-refractivity contribution >= 4 is 5.69 Å². The number of aliphatic hydroxyl groups excluding tert-OH is 1. The van der Waals surface area contributed by atoms with E-state index in [9.17, 15) is 15.2 Å². The number of nitrogens with one attached hydrogen (secondary N) is 1. The maximum absolute atomic E-state index is 10.8. The molecule has 0 spiro atoms. The first-order chi connectivity index (χ1) is 8.02. The van der Waals surface area contributed by atoms with Crippen LogP contribution in [0.15, 0.2) is 24.3 Å². The van der Waals surface area contributed by atoms with Gasteiger partial charge in [-0.1, -0.05) is 32.0 Å². The number of nitro groups is 1.